The minimum atomic E-state index is 0.254. The molecule has 0 saturated carbocycles. The Morgan fingerprint density at radius 1 is 1.21 bits per heavy atom. The van der Waals surface area contributed by atoms with Gasteiger partial charge in [0.25, 0.3) is 5.91 Å². The first-order chi connectivity index (χ1) is 11.6. The second-order valence-corrected chi connectivity index (χ2v) is 8.54. The van der Waals surface area contributed by atoms with Crippen molar-refractivity contribution in [2.45, 2.75) is 45.6 Å². The first-order valence-corrected chi connectivity index (χ1v) is 10.2. The number of hydrogen-bond acceptors (Lipinski definition) is 4. The smallest absolute Gasteiger partial charge is 0.263 e. The van der Waals surface area contributed by atoms with Crippen molar-refractivity contribution in [3.05, 3.63) is 21.4 Å². The van der Waals surface area contributed by atoms with Gasteiger partial charge in [0.15, 0.2) is 0 Å². The van der Waals surface area contributed by atoms with Crippen LogP contribution in [0.15, 0.2) is 6.07 Å². The van der Waals surface area contributed by atoms with E-state index in [9.17, 15) is 4.79 Å². The van der Waals surface area contributed by atoms with Crippen LogP contribution in [0.5, 0.6) is 0 Å². The van der Waals surface area contributed by atoms with Gasteiger partial charge in [0.1, 0.15) is 0 Å². The monoisotopic (exact) mass is 349 g/mol. The molecule has 0 unspecified atom stereocenters. The standard InChI is InChI=1S/C19H31N3OS/c1-4-16-13-18(24-15(16)2)19(23)22-8-6-5-7-17(14-22)21-11-9-20(3)10-12-21/h13,17H,4-12,14H2,1-3H3/t17-/m0/s1. The minimum Gasteiger partial charge on any atom is -0.336 e. The van der Waals surface area contributed by atoms with E-state index in [0.717, 1.165) is 57.0 Å². The molecule has 0 aromatic carbocycles. The van der Waals surface area contributed by atoms with Crippen LogP contribution in [0, 0.1) is 6.92 Å². The van der Waals surface area contributed by atoms with Gasteiger partial charge in [-0.25, -0.2) is 0 Å². The summed E-state index contributed by atoms with van der Waals surface area (Å²) in [5, 5.41) is 0. The Morgan fingerprint density at radius 3 is 2.62 bits per heavy atom. The number of carbonyl (C=O) groups excluding carboxylic acids is 1. The molecule has 2 aliphatic heterocycles. The van der Waals surface area contributed by atoms with Gasteiger partial charge in [-0.2, -0.15) is 0 Å². The molecule has 0 radical (unpaired) electrons. The van der Waals surface area contributed by atoms with Crippen LogP contribution >= 0.6 is 11.3 Å². The van der Waals surface area contributed by atoms with E-state index in [0.29, 0.717) is 6.04 Å². The fourth-order valence-corrected chi connectivity index (χ4v) is 5.00. The van der Waals surface area contributed by atoms with Crippen molar-refractivity contribution in [2.75, 3.05) is 46.3 Å². The molecule has 5 heteroatoms. The Morgan fingerprint density at radius 2 is 1.96 bits per heavy atom. The highest BCUT2D eigenvalue weighted by molar-refractivity contribution is 7.14. The predicted molar refractivity (Wildman–Crippen MR) is 101 cm³/mol. The number of amides is 1. The molecule has 1 atom stereocenters. The molecule has 3 heterocycles. The lowest BCUT2D eigenvalue weighted by Crippen LogP contribution is -2.52. The van der Waals surface area contributed by atoms with Crippen molar-refractivity contribution in [1.82, 2.24) is 14.7 Å². The molecule has 134 valence electrons. The largest absolute Gasteiger partial charge is 0.336 e. The Bertz CT molecular complexity index is 563. The first kappa shape index (κ1) is 17.9. The second-order valence-electron chi connectivity index (χ2n) is 7.29. The maximum absolute atomic E-state index is 13.0. The highest BCUT2D eigenvalue weighted by atomic mass is 32.1. The lowest BCUT2D eigenvalue weighted by Gasteiger charge is -2.39. The third-order valence-electron chi connectivity index (χ3n) is 5.60. The minimum absolute atomic E-state index is 0.254. The second kappa shape index (κ2) is 7.98. The summed E-state index contributed by atoms with van der Waals surface area (Å²) >= 11 is 1.67. The third-order valence-corrected chi connectivity index (χ3v) is 6.68. The first-order valence-electron chi connectivity index (χ1n) is 9.39. The fourth-order valence-electron chi connectivity index (χ4n) is 3.92. The molecule has 2 aliphatic rings. The Kier molecular flexibility index (Phi) is 5.95. The lowest BCUT2D eigenvalue weighted by atomic mass is 10.1. The quantitative estimate of drug-likeness (QED) is 0.839. The summed E-state index contributed by atoms with van der Waals surface area (Å²) < 4.78 is 0. The van der Waals surface area contributed by atoms with Gasteiger partial charge >= 0.3 is 0 Å². The maximum atomic E-state index is 13.0. The van der Waals surface area contributed by atoms with Crippen LogP contribution in [-0.4, -0.2) is 73.0 Å². The molecule has 4 nitrogen and oxygen atoms in total. The molecule has 1 aromatic heterocycles. The predicted octanol–water partition coefficient (Wildman–Crippen LogP) is 2.86. The summed E-state index contributed by atoms with van der Waals surface area (Å²) in [5.74, 6) is 0.254. The molecule has 24 heavy (non-hydrogen) atoms. The van der Waals surface area contributed by atoms with Gasteiger partial charge in [0, 0.05) is 50.2 Å². The van der Waals surface area contributed by atoms with Crippen LogP contribution in [-0.2, 0) is 6.42 Å². The number of nitrogens with zero attached hydrogens (tertiary/aromatic N) is 3. The number of piperazine rings is 1. The van der Waals surface area contributed by atoms with Crippen molar-refractivity contribution >= 4 is 17.2 Å². The zero-order valence-corrected chi connectivity index (χ0v) is 16.2. The summed E-state index contributed by atoms with van der Waals surface area (Å²) in [4.78, 5) is 22.4. The Labute approximate surface area is 150 Å². The van der Waals surface area contributed by atoms with Gasteiger partial charge in [-0.1, -0.05) is 13.3 Å². The van der Waals surface area contributed by atoms with Crippen molar-refractivity contribution in [3.8, 4) is 0 Å². The summed E-state index contributed by atoms with van der Waals surface area (Å²) in [6, 6.07) is 2.66. The average molecular weight is 350 g/mol. The van der Waals surface area contributed by atoms with Crippen molar-refractivity contribution in [1.29, 1.82) is 0 Å². The molecular weight excluding hydrogens is 318 g/mol. The van der Waals surface area contributed by atoms with Crippen LogP contribution in [0.1, 0.15) is 46.3 Å². The van der Waals surface area contributed by atoms with E-state index in [1.807, 2.05) is 0 Å². The third kappa shape index (κ3) is 4.01. The molecule has 1 aromatic rings. The molecule has 0 aliphatic carbocycles. The number of carbonyl (C=O) groups is 1. The highest BCUT2D eigenvalue weighted by Crippen LogP contribution is 2.25. The van der Waals surface area contributed by atoms with Crippen LogP contribution in [0.25, 0.3) is 0 Å². The Hall–Kier alpha value is -0.910. The van der Waals surface area contributed by atoms with E-state index in [-0.39, 0.29) is 5.91 Å². The molecular formula is C19H31N3OS. The van der Waals surface area contributed by atoms with Gasteiger partial charge in [0.05, 0.1) is 4.88 Å². The number of aryl methyl sites for hydroxylation is 2. The van der Waals surface area contributed by atoms with Crippen molar-refractivity contribution < 1.29 is 4.79 Å². The molecule has 0 bridgehead atoms. The molecule has 2 saturated heterocycles. The topological polar surface area (TPSA) is 26.8 Å². The summed E-state index contributed by atoms with van der Waals surface area (Å²) in [6.07, 6.45) is 4.63. The van der Waals surface area contributed by atoms with E-state index in [4.69, 9.17) is 0 Å². The molecule has 0 N–H and O–H groups in total. The summed E-state index contributed by atoms with van der Waals surface area (Å²) in [7, 11) is 2.20. The van der Waals surface area contributed by atoms with Gasteiger partial charge in [-0.15, -0.1) is 11.3 Å². The number of likely N-dealkylation sites (tertiary alicyclic amines) is 1. The lowest BCUT2D eigenvalue weighted by molar-refractivity contribution is 0.0635. The van der Waals surface area contributed by atoms with E-state index in [1.54, 1.807) is 11.3 Å². The van der Waals surface area contributed by atoms with Gasteiger partial charge < -0.3 is 9.80 Å². The fraction of sp³-hybridized carbons (Fsp3) is 0.737. The molecule has 1 amide bonds. The van der Waals surface area contributed by atoms with Gasteiger partial charge in [-0.3, -0.25) is 9.69 Å². The van der Waals surface area contributed by atoms with Gasteiger partial charge in [0.2, 0.25) is 0 Å². The highest BCUT2D eigenvalue weighted by Gasteiger charge is 2.29. The zero-order chi connectivity index (χ0) is 17.1. The molecule has 2 fully saturated rings. The van der Waals surface area contributed by atoms with E-state index < -0.39 is 0 Å². The average Bonchev–Trinajstić information content (AvgIpc) is 2.80. The maximum Gasteiger partial charge on any atom is 0.263 e. The van der Waals surface area contributed by atoms with E-state index >= 15 is 0 Å². The van der Waals surface area contributed by atoms with Crippen LogP contribution in [0.3, 0.4) is 0 Å². The number of likely N-dealkylation sites (N-methyl/N-ethyl adjacent to an activating group) is 1. The van der Waals surface area contributed by atoms with E-state index in [1.165, 1.54) is 23.3 Å². The summed E-state index contributed by atoms with van der Waals surface area (Å²) in [5.41, 5.74) is 1.33. The Balaban J connectivity index is 1.68. The normalized spacial score (nSPS) is 24.1. The number of thiophene rings is 1. The van der Waals surface area contributed by atoms with Crippen molar-refractivity contribution in [2.24, 2.45) is 0 Å². The zero-order valence-electron chi connectivity index (χ0n) is 15.4. The van der Waals surface area contributed by atoms with E-state index in [2.05, 4.69) is 41.7 Å². The molecule has 3 rings (SSSR count). The van der Waals surface area contributed by atoms with Crippen LogP contribution in [0.2, 0.25) is 0 Å². The van der Waals surface area contributed by atoms with Gasteiger partial charge in [-0.05, 0) is 44.9 Å². The van der Waals surface area contributed by atoms with Crippen molar-refractivity contribution in [3.63, 3.8) is 0 Å². The van der Waals surface area contributed by atoms with Crippen LogP contribution in [0.4, 0.5) is 0 Å². The summed E-state index contributed by atoms with van der Waals surface area (Å²) in [6.45, 7) is 10.7. The SMILES string of the molecule is CCc1cc(C(=O)N2CCCC[C@H](N3CCN(C)CC3)C2)sc1C. The number of hydrogen-bond donors (Lipinski definition) is 0. The molecule has 0 spiro atoms. The number of rotatable bonds is 3. The van der Waals surface area contributed by atoms with Crippen LogP contribution < -0.4 is 0 Å².